The molecule has 0 bridgehead atoms. The summed E-state index contributed by atoms with van der Waals surface area (Å²) in [4.78, 5) is 18.2. The Bertz CT molecular complexity index is 493. The summed E-state index contributed by atoms with van der Waals surface area (Å²) in [5, 5.41) is 0. The number of carbonyl (C=O) groups is 1. The van der Waals surface area contributed by atoms with Crippen LogP contribution in [-0.2, 0) is 9.47 Å². The van der Waals surface area contributed by atoms with Gasteiger partial charge in [0.2, 0.25) is 0 Å². The summed E-state index contributed by atoms with van der Waals surface area (Å²) >= 11 is 0. The predicted molar refractivity (Wildman–Crippen MR) is 76.8 cm³/mol. The Morgan fingerprint density at radius 1 is 1.65 bits per heavy atom. The molecule has 1 aromatic rings. The largest absolute Gasteiger partial charge is 0.465 e. The number of pyridine rings is 1. The maximum absolute atomic E-state index is 11.7. The molecule has 2 rings (SSSR count). The number of nitrogen functional groups attached to an aromatic ring is 1. The van der Waals surface area contributed by atoms with Crippen LogP contribution in [0.5, 0.6) is 0 Å². The van der Waals surface area contributed by atoms with Crippen LogP contribution in [0.3, 0.4) is 0 Å². The Labute approximate surface area is 118 Å². The molecular weight excluding hydrogens is 258 g/mol. The first-order valence-corrected chi connectivity index (χ1v) is 6.79. The second-order valence-corrected chi connectivity index (χ2v) is 4.95. The molecule has 0 aromatic carbocycles. The first-order chi connectivity index (χ1) is 9.58. The van der Waals surface area contributed by atoms with Crippen molar-refractivity contribution in [1.29, 1.82) is 0 Å². The molecule has 0 amide bonds. The number of anilines is 2. The maximum Gasteiger partial charge on any atom is 0.340 e. The Morgan fingerprint density at radius 3 is 3.05 bits per heavy atom. The van der Waals surface area contributed by atoms with E-state index in [0.717, 1.165) is 6.42 Å². The van der Waals surface area contributed by atoms with Crippen molar-refractivity contribution in [3.8, 4) is 0 Å². The molecule has 2 heterocycles. The molecule has 2 atom stereocenters. The third kappa shape index (κ3) is 2.70. The molecule has 20 heavy (non-hydrogen) atoms. The van der Waals surface area contributed by atoms with E-state index < -0.39 is 5.97 Å². The van der Waals surface area contributed by atoms with Crippen LogP contribution >= 0.6 is 0 Å². The quantitative estimate of drug-likeness (QED) is 0.844. The zero-order chi connectivity index (χ0) is 14.7. The minimum Gasteiger partial charge on any atom is -0.465 e. The van der Waals surface area contributed by atoms with Crippen molar-refractivity contribution in [3.05, 3.63) is 17.8 Å². The molecule has 1 fully saturated rings. The van der Waals surface area contributed by atoms with Crippen molar-refractivity contribution in [1.82, 2.24) is 4.98 Å². The lowest BCUT2D eigenvalue weighted by Gasteiger charge is -2.39. The molecule has 2 N–H and O–H groups in total. The standard InChI is InChI=1S/C14H21N3O3/c1-4-10-8-20-9(2)7-17(10)13-12(15)11(5-6-16-13)14(18)19-3/h5-6,9-10H,4,7-8,15H2,1-3H3. The van der Waals surface area contributed by atoms with E-state index in [1.54, 1.807) is 12.3 Å². The number of nitrogens with zero attached hydrogens (tertiary/aromatic N) is 2. The number of ether oxygens (including phenoxy) is 2. The summed E-state index contributed by atoms with van der Waals surface area (Å²) in [7, 11) is 1.34. The van der Waals surface area contributed by atoms with Gasteiger partial charge in [0.05, 0.1) is 37.1 Å². The Kier molecular flexibility index (Phi) is 4.44. The third-order valence-electron chi connectivity index (χ3n) is 3.59. The Balaban J connectivity index is 2.38. The summed E-state index contributed by atoms with van der Waals surface area (Å²) in [5.41, 5.74) is 6.83. The first kappa shape index (κ1) is 14.6. The fourth-order valence-corrected chi connectivity index (χ4v) is 2.42. The molecule has 1 aliphatic heterocycles. The number of rotatable bonds is 3. The number of carbonyl (C=O) groups excluding carboxylic acids is 1. The molecular formula is C14H21N3O3. The second-order valence-electron chi connectivity index (χ2n) is 4.95. The number of morpholine rings is 1. The van der Waals surface area contributed by atoms with E-state index >= 15 is 0 Å². The van der Waals surface area contributed by atoms with Gasteiger partial charge >= 0.3 is 5.97 Å². The van der Waals surface area contributed by atoms with E-state index in [1.165, 1.54) is 7.11 Å². The molecule has 0 saturated carbocycles. The van der Waals surface area contributed by atoms with Gasteiger partial charge < -0.3 is 20.1 Å². The highest BCUT2D eigenvalue weighted by atomic mass is 16.5. The zero-order valence-electron chi connectivity index (χ0n) is 12.1. The minimum absolute atomic E-state index is 0.112. The molecule has 0 spiro atoms. The number of nitrogens with two attached hydrogens (primary N) is 1. The lowest BCUT2D eigenvalue weighted by Crippen LogP contribution is -2.49. The third-order valence-corrected chi connectivity index (χ3v) is 3.59. The highest BCUT2D eigenvalue weighted by molar-refractivity contribution is 5.97. The number of methoxy groups -OCH3 is 1. The maximum atomic E-state index is 11.7. The van der Waals surface area contributed by atoms with Crippen molar-refractivity contribution in [3.63, 3.8) is 0 Å². The summed E-state index contributed by atoms with van der Waals surface area (Å²) in [6.45, 7) is 5.46. The highest BCUT2D eigenvalue weighted by Crippen LogP contribution is 2.29. The van der Waals surface area contributed by atoms with Crippen molar-refractivity contribution in [2.75, 3.05) is 30.9 Å². The Hall–Kier alpha value is -1.82. The molecule has 2 unspecified atom stereocenters. The van der Waals surface area contributed by atoms with E-state index in [1.807, 2.05) is 6.92 Å². The van der Waals surface area contributed by atoms with Crippen LogP contribution in [0.4, 0.5) is 11.5 Å². The highest BCUT2D eigenvalue weighted by Gasteiger charge is 2.29. The molecule has 6 heteroatoms. The number of esters is 1. The van der Waals surface area contributed by atoms with Gasteiger partial charge in [-0.05, 0) is 19.4 Å². The molecule has 1 saturated heterocycles. The van der Waals surface area contributed by atoms with Gasteiger partial charge in [0.1, 0.15) is 0 Å². The lowest BCUT2D eigenvalue weighted by molar-refractivity contribution is 0.0297. The average Bonchev–Trinajstić information content (AvgIpc) is 2.46. The number of hydrogen-bond acceptors (Lipinski definition) is 6. The fraction of sp³-hybridized carbons (Fsp3) is 0.571. The first-order valence-electron chi connectivity index (χ1n) is 6.79. The number of aromatic nitrogens is 1. The van der Waals surface area contributed by atoms with Gasteiger partial charge in [0, 0.05) is 12.7 Å². The van der Waals surface area contributed by atoms with Crippen LogP contribution in [0.1, 0.15) is 30.6 Å². The van der Waals surface area contributed by atoms with Gasteiger partial charge in [-0.15, -0.1) is 0 Å². The van der Waals surface area contributed by atoms with Crippen LogP contribution in [0, 0.1) is 0 Å². The molecule has 1 aromatic heterocycles. The lowest BCUT2D eigenvalue weighted by atomic mass is 10.1. The molecule has 0 aliphatic carbocycles. The van der Waals surface area contributed by atoms with Gasteiger partial charge in [0.25, 0.3) is 0 Å². The van der Waals surface area contributed by atoms with Crippen LogP contribution in [0.2, 0.25) is 0 Å². The Morgan fingerprint density at radius 2 is 2.40 bits per heavy atom. The van der Waals surface area contributed by atoms with Crippen molar-refractivity contribution in [2.24, 2.45) is 0 Å². The molecule has 110 valence electrons. The number of hydrogen-bond donors (Lipinski definition) is 1. The smallest absolute Gasteiger partial charge is 0.340 e. The van der Waals surface area contributed by atoms with Crippen LogP contribution < -0.4 is 10.6 Å². The van der Waals surface area contributed by atoms with E-state index in [-0.39, 0.29) is 12.1 Å². The average molecular weight is 279 g/mol. The van der Waals surface area contributed by atoms with Gasteiger partial charge in [-0.3, -0.25) is 0 Å². The van der Waals surface area contributed by atoms with E-state index in [4.69, 9.17) is 15.2 Å². The summed E-state index contributed by atoms with van der Waals surface area (Å²) < 4.78 is 10.4. The van der Waals surface area contributed by atoms with Crippen LogP contribution in [-0.4, -0.2) is 43.4 Å². The topological polar surface area (TPSA) is 77.7 Å². The van der Waals surface area contributed by atoms with Gasteiger partial charge in [0.15, 0.2) is 5.82 Å². The molecule has 1 aliphatic rings. The van der Waals surface area contributed by atoms with Crippen molar-refractivity contribution in [2.45, 2.75) is 32.4 Å². The summed E-state index contributed by atoms with van der Waals surface area (Å²) in [6.07, 6.45) is 2.63. The molecule has 6 nitrogen and oxygen atoms in total. The normalized spacial score (nSPS) is 22.6. The van der Waals surface area contributed by atoms with Crippen LogP contribution in [0.25, 0.3) is 0 Å². The van der Waals surface area contributed by atoms with Gasteiger partial charge in [-0.1, -0.05) is 6.92 Å². The monoisotopic (exact) mass is 279 g/mol. The van der Waals surface area contributed by atoms with Gasteiger partial charge in [-0.25, -0.2) is 9.78 Å². The van der Waals surface area contributed by atoms with E-state index in [0.29, 0.717) is 30.2 Å². The van der Waals surface area contributed by atoms with E-state index in [9.17, 15) is 4.79 Å². The predicted octanol–water partition coefficient (Wildman–Crippen LogP) is 1.45. The van der Waals surface area contributed by atoms with E-state index in [2.05, 4.69) is 16.8 Å². The van der Waals surface area contributed by atoms with Gasteiger partial charge in [-0.2, -0.15) is 0 Å². The molecule has 0 radical (unpaired) electrons. The summed E-state index contributed by atoms with van der Waals surface area (Å²) in [6, 6.07) is 1.80. The minimum atomic E-state index is -0.444. The van der Waals surface area contributed by atoms with Crippen molar-refractivity contribution >= 4 is 17.5 Å². The van der Waals surface area contributed by atoms with Crippen LogP contribution in [0.15, 0.2) is 12.3 Å². The fourth-order valence-electron chi connectivity index (χ4n) is 2.42. The second kappa shape index (κ2) is 6.09. The SMILES string of the molecule is CCC1COC(C)CN1c1nccc(C(=O)OC)c1N. The van der Waals surface area contributed by atoms with Crippen molar-refractivity contribution < 1.29 is 14.3 Å². The summed E-state index contributed by atoms with van der Waals surface area (Å²) in [5.74, 6) is 0.190. The zero-order valence-corrected chi connectivity index (χ0v) is 12.1.